The lowest BCUT2D eigenvalue weighted by atomic mass is 10.0. The molecule has 9 heteroatoms. The Hall–Kier alpha value is -1.87. The third-order valence-electron chi connectivity index (χ3n) is 4.28. The van der Waals surface area contributed by atoms with Crippen molar-refractivity contribution >= 4 is 6.09 Å². The molecule has 138 valence electrons. The molecule has 1 saturated heterocycles. The molecule has 1 aliphatic heterocycles. The van der Waals surface area contributed by atoms with Gasteiger partial charge in [-0.05, 0) is 30.5 Å². The molecule has 1 heterocycles. The highest BCUT2D eigenvalue weighted by molar-refractivity contribution is 5.68. The highest BCUT2D eigenvalue weighted by Crippen LogP contribution is 2.50. The van der Waals surface area contributed by atoms with Gasteiger partial charge in [-0.1, -0.05) is 6.07 Å². The van der Waals surface area contributed by atoms with Gasteiger partial charge in [0.05, 0.1) is 18.8 Å². The predicted octanol–water partition coefficient (Wildman–Crippen LogP) is 2.55. The number of morpholine rings is 1. The number of hydrogen-bond acceptors (Lipinski definition) is 4. The van der Waals surface area contributed by atoms with Gasteiger partial charge in [0.15, 0.2) is 0 Å². The second kappa shape index (κ2) is 6.80. The third-order valence-corrected chi connectivity index (χ3v) is 4.28. The van der Waals surface area contributed by atoms with E-state index in [0.717, 1.165) is 6.07 Å². The number of hydrogen-bond donors (Lipinski definition) is 2. The summed E-state index contributed by atoms with van der Waals surface area (Å²) in [7, 11) is 0. The molecule has 0 spiro atoms. The normalized spacial score (nSPS) is 22.3. The average Bonchev–Trinajstić information content (AvgIpc) is 3.34. The summed E-state index contributed by atoms with van der Waals surface area (Å²) in [5.41, 5.74) is -2.33. The monoisotopic (exact) mass is 362 g/mol. The first kappa shape index (κ1) is 17.9. The highest BCUT2D eigenvalue weighted by atomic mass is 19.4. The van der Waals surface area contributed by atoms with E-state index in [4.69, 9.17) is 9.47 Å². The van der Waals surface area contributed by atoms with Crippen molar-refractivity contribution in [3.8, 4) is 0 Å². The van der Waals surface area contributed by atoms with Gasteiger partial charge in [-0.3, -0.25) is 0 Å². The lowest BCUT2D eigenvalue weighted by Crippen LogP contribution is -2.48. The van der Waals surface area contributed by atoms with Gasteiger partial charge >= 0.3 is 12.3 Å². The van der Waals surface area contributed by atoms with Crippen LogP contribution in [0.25, 0.3) is 0 Å². The molecule has 2 aliphatic rings. The topological polar surface area (TPSA) is 59.6 Å². The van der Waals surface area contributed by atoms with Crippen molar-refractivity contribution in [2.75, 3.05) is 26.3 Å². The van der Waals surface area contributed by atoms with Crippen molar-refractivity contribution in [1.82, 2.24) is 10.6 Å². The SMILES string of the molecule is O=C(NC[C@H]1COCCN1)OC1(c2ccc(F)c(C(F)(F)F)c2)CC1. The number of alkyl halides is 3. The largest absolute Gasteiger partial charge is 0.438 e. The summed E-state index contributed by atoms with van der Waals surface area (Å²) in [4.78, 5) is 12.0. The summed E-state index contributed by atoms with van der Waals surface area (Å²) in [6, 6.07) is 2.65. The van der Waals surface area contributed by atoms with E-state index in [-0.39, 0.29) is 18.2 Å². The molecule has 1 aromatic rings. The van der Waals surface area contributed by atoms with Crippen LogP contribution < -0.4 is 10.6 Å². The van der Waals surface area contributed by atoms with E-state index in [9.17, 15) is 22.4 Å². The van der Waals surface area contributed by atoms with Crippen molar-refractivity contribution in [1.29, 1.82) is 0 Å². The van der Waals surface area contributed by atoms with Crippen molar-refractivity contribution in [3.05, 3.63) is 35.1 Å². The number of rotatable bonds is 4. The Kier molecular flexibility index (Phi) is 4.88. The second-order valence-electron chi connectivity index (χ2n) is 6.18. The lowest BCUT2D eigenvalue weighted by Gasteiger charge is -2.24. The Morgan fingerprint density at radius 2 is 2.16 bits per heavy atom. The first-order chi connectivity index (χ1) is 11.8. The zero-order chi connectivity index (χ0) is 18.1. The molecule has 2 N–H and O–H groups in total. The van der Waals surface area contributed by atoms with E-state index in [2.05, 4.69) is 10.6 Å². The summed E-state index contributed by atoms with van der Waals surface area (Å²) < 4.78 is 62.5. The summed E-state index contributed by atoms with van der Waals surface area (Å²) in [5.74, 6) is -1.35. The first-order valence-corrected chi connectivity index (χ1v) is 7.95. The van der Waals surface area contributed by atoms with E-state index < -0.39 is 29.3 Å². The molecule has 25 heavy (non-hydrogen) atoms. The van der Waals surface area contributed by atoms with Gasteiger partial charge in [0, 0.05) is 19.1 Å². The smallest absolute Gasteiger partial charge is 0.419 e. The van der Waals surface area contributed by atoms with Crippen molar-refractivity contribution in [2.24, 2.45) is 0 Å². The molecule has 1 amide bonds. The van der Waals surface area contributed by atoms with Crippen LogP contribution in [-0.2, 0) is 21.3 Å². The molecular formula is C16H18F4N2O3. The predicted molar refractivity (Wildman–Crippen MR) is 79.4 cm³/mol. The van der Waals surface area contributed by atoms with Crippen LogP contribution in [0.1, 0.15) is 24.0 Å². The van der Waals surface area contributed by atoms with Crippen LogP contribution in [0.3, 0.4) is 0 Å². The number of benzene rings is 1. The number of carbonyl (C=O) groups excluding carboxylic acids is 1. The van der Waals surface area contributed by atoms with Crippen LogP contribution in [0.5, 0.6) is 0 Å². The van der Waals surface area contributed by atoms with E-state index in [1.165, 1.54) is 6.07 Å². The fourth-order valence-electron chi connectivity index (χ4n) is 2.76. The molecular weight excluding hydrogens is 344 g/mol. The van der Waals surface area contributed by atoms with Crippen molar-refractivity contribution in [2.45, 2.75) is 30.7 Å². The lowest BCUT2D eigenvalue weighted by molar-refractivity contribution is -0.140. The van der Waals surface area contributed by atoms with Gasteiger partial charge < -0.3 is 20.1 Å². The van der Waals surface area contributed by atoms with E-state index in [1.807, 2.05) is 0 Å². The Balaban J connectivity index is 1.63. The third kappa shape index (κ3) is 4.21. The van der Waals surface area contributed by atoms with Crippen molar-refractivity contribution in [3.63, 3.8) is 0 Å². The number of amides is 1. The van der Waals surface area contributed by atoms with Crippen LogP contribution in [0.4, 0.5) is 22.4 Å². The highest BCUT2D eigenvalue weighted by Gasteiger charge is 2.50. The van der Waals surface area contributed by atoms with Crippen LogP contribution in [0.15, 0.2) is 18.2 Å². The molecule has 1 atom stereocenters. The van der Waals surface area contributed by atoms with Crippen LogP contribution in [0.2, 0.25) is 0 Å². The Morgan fingerprint density at radius 1 is 1.40 bits per heavy atom. The maximum atomic E-state index is 13.4. The molecule has 0 aromatic heterocycles. The van der Waals surface area contributed by atoms with Gasteiger partial charge in [0.25, 0.3) is 0 Å². The molecule has 2 fully saturated rings. The van der Waals surface area contributed by atoms with Crippen LogP contribution in [-0.4, -0.2) is 38.4 Å². The van der Waals surface area contributed by atoms with Crippen LogP contribution in [0, 0.1) is 5.82 Å². The minimum Gasteiger partial charge on any atom is -0.438 e. The maximum absolute atomic E-state index is 13.4. The molecule has 5 nitrogen and oxygen atoms in total. The second-order valence-corrected chi connectivity index (χ2v) is 6.18. The van der Waals surface area contributed by atoms with E-state index in [0.29, 0.717) is 38.7 Å². The summed E-state index contributed by atoms with van der Waals surface area (Å²) in [6.45, 7) is 2.03. The summed E-state index contributed by atoms with van der Waals surface area (Å²) in [5, 5.41) is 5.73. The van der Waals surface area contributed by atoms with Gasteiger partial charge in [-0.2, -0.15) is 13.2 Å². The molecule has 1 aromatic carbocycles. The number of carbonyl (C=O) groups is 1. The molecule has 0 radical (unpaired) electrons. The zero-order valence-corrected chi connectivity index (χ0v) is 13.3. The number of ether oxygens (including phenoxy) is 2. The Labute approximate surface area is 141 Å². The Morgan fingerprint density at radius 3 is 2.76 bits per heavy atom. The first-order valence-electron chi connectivity index (χ1n) is 7.95. The zero-order valence-electron chi connectivity index (χ0n) is 13.3. The Bertz CT molecular complexity index is 641. The van der Waals surface area contributed by atoms with E-state index >= 15 is 0 Å². The van der Waals surface area contributed by atoms with Crippen LogP contribution >= 0.6 is 0 Å². The average molecular weight is 362 g/mol. The van der Waals surface area contributed by atoms with Gasteiger partial charge in [0.2, 0.25) is 0 Å². The fourth-order valence-corrected chi connectivity index (χ4v) is 2.76. The molecule has 3 rings (SSSR count). The van der Waals surface area contributed by atoms with Crippen molar-refractivity contribution < 1.29 is 31.8 Å². The van der Waals surface area contributed by atoms with E-state index in [1.54, 1.807) is 0 Å². The van der Waals surface area contributed by atoms with Gasteiger partial charge in [-0.15, -0.1) is 0 Å². The number of alkyl carbamates (subject to hydrolysis) is 1. The molecule has 0 unspecified atom stereocenters. The quantitative estimate of drug-likeness (QED) is 0.809. The summed E-state index contributed by atoms with van der Waals surface area (Å²) in [6.07, 6.45) is -4.73. The molecule has 1 saturated carbocycles. The molecule has 0 bridgehead atoms. The maximum Gasteiger partial charge on any atom is 0.419 e. The van der Waals surface area contributed by atoms with Gasteiger partial charge in [-0.25, -0.2) is 9.18 Å². The fraction of sp³-hybridized carbons (Fsp3) is 0.562. The van der Waals surface area contributed by atoms with Gasteiger partial charge in [0.1, 0.15) is 11.4 Å². The summed E-state index contributed by atoms with van der Waals surface area (Å²) >= 11 is 0. The number of nitrogens with one attached hydrogen (secondary N) is 2. The standard InChI is InChI=1S/C16H18F4N2O3/c17-13-2-1-10(7-12(13)16(18,19)20)15(3-4-15)25-14(23)22-8-11-9-24-6-5-21-11/h1-2,7,11,21H,3-6,8-9H2,(H,22,23)/t11-/m0/s1. The molecule has 1 aliphatic carbocycles. The number of halogens is 4. The minimum absolute atomic E-state index is 0.0425. The minimum atomic E-state index is -4.80.